The molecule has 3 rings (SSSR count). The molecule has 0 aliphatic carbocycles. The normalized spacial score (nSPS) is 26.0. The second-order valence-corrected chi connectivity index (χ2v) is 5.36. The molecule has 2 aromatic rings. The number of aliphatic hydroxyl groups is 1. The summed E-state index contributed by atoms with van der Waals surface area (Å²) in [6.45, 7) is 2.96. The largest absolute Gasteiger partial charge is 0.399 e. The Balaban J connectivity index is 1.84. The van der Waals surface area contributed by atoms with Gasteiger partial charge in [-0.3, -0.25) is 4.98 Å². The minimum atomic E-state index is -0.816. The van der Waals surface area contributed by atoms with Gasteiger partial charge in [0.25, 0.3) is 0 Å². The quantitative estimate of drug-likeness (QED) is 0.743. The Kier molecular flexibility index (Phi) is 3.23. The molecule has 2 atom stereocenters. The molecular formula is C15H19N3O2. The maximum Gasteiger partial charge on any atom is 0.110 e. The fourth-order valence-corrected chi connectivity index (χ4v) is 2.57. The summed E-state index contributed by atoms with van der Waals surface area (Å²) >= 11 is 0. The lowest BCUT2D eigenvalue weighted by Gasteiger charge is -2.27. The molecule has 5 nitrogen and oxygen atoms in total. The van der Waals surface area contributed by atoms with Crippen molar-refractivity contribution in [3.63, 3.8) is 0 Å². The molecule has 1 fully saturated rings. The van der Waals surface area contributed by atoms with Crippen LogP contribution in [-0.2, 0) is 4.74 Å². The molecular weight excluding hydrogens is 254 g/mol. The van der Waals surface area contributed by atoms with Crippen LogP contribution >= 0.6 is 0 Å². The lowest BCUT2D eigenvalue weighted by atomic mass is 9.96. The molecule has 0 radical (unpaired) electrons. The second kappa shape index (κ2) is 4.92. The third-order valence-electron chi connectivity index (χ3n) is 4.01. The smallest absolute Gasteiger partial charge is 0.110 e. The number of pyridine rings is 1. The van der Waals surface area contributed by atoms with Crippen LogP contribution in [0.4, 0.5) is 11.4 Å². The van der Waals surface area contributed by atoms with Crippen LogP contribution in [0.1, 0.15) is 13.3 Å². The maximum atomic E-state index is 10.5. The van der Waals surface area contributed by atoms with Gasteiger partial charge in [0, 0.05) is 42.5 Å². The van der Waals surface area contributed by atoms with E-state index in [2.05, 4.69) is 10.3 Å². The Hall–Kier alpha value is -1.85. The molecule has 1 saturated heterocycles. The van der Waals surface area contributed by atoms with E-state index in [-0.39, 0.29) is 6.10 Å². The summed E-state index contributed by atoms with van der Waals surface area (Å²) in [6, 6.07) is 7.54. The zero-order valence-electron chi connectivity index (χ0n) is 11.5. The molecule has 0 spiro atoms. The Labute approximate surface area is 117 Å². The van der Waals surface area contributed by atoms with Crippen LogP contribution in [0.25, 0.3) is 10.9 Å². The van der Waals surface area contributed by atoms with Gasteiger partial charge in [-0.25, -0.2) is 0 Å². The number of nitrogens with zero attached hydrogens (tertiary/aromatic N) is 1. The first-order valence-corrected chi connectivity index (χ1v) is 6.81. The summed E-state index contributed by atoms with van der Waals surface area (Å²) in [5.41, 5.74) is 7.44. The number of hydrogen-bond donors (Lipinski definition) is 3. The number of aromatic nitrogens is 1. The van der Waals surface area contributed by atoms with Crippen molar-refractivity contribution in [3.8, 4) is 0 Å². The van der Waals surface area contributed by atoms with E-state index in [9.17, 15) is 5.11 Å². The minimum absolute atomic E-state index is 0.154. The molecule has 4 N–H and O–H groups in total. The summed E-state index contributed by atoms with van der Waals surface area (Å²) < 4.78 is 5.44. The Morgan fingerprint density at radius 1 is 1.50 bits per heavy atom. The molecule has 1 aromatic carbocycles. The number of benzene rings is 1. The number of fused-ring (bicyclic) bond motifs is 1. The molecule has 2 heterocycles. The number of nitrogens with one attached hydrogen (secondary N) is 1. The second-order valence-electron chi connectivity index (χ2n) is 5.36. The first-order chi connectivity index (χ1) is 9.58. The predicted molar refractivity (Wildman–Crippen MR) is 79.6 cm³/mol. The maximum absolute atomic E-state index is 10.5. The minimum Gasteiger partial charge on any atom is -0.399 e. The lowest BCUT2D eigenvalue weighted by molar-refractivity contribution is -0.0175. The average Bonchev–Trinajstić information content (AvgIpc) is 2.76. The van der Waals surface area contributed by atoms with Gasteiger partial charge >= 0.3 is 0 Å². The van der Waals surface area contributed by atoms with E-state index in [0.29, 0.717) is 25.3 Å². The summed E-state index contributed by atoms with van der Waals surface area (Å²) in [7, 11) is 0. The van der Waals surface area contributed by atoms with E-state index in [0.717, 1.165) is 16.6 Å². The van der Waals surface area contributed by atoms with Crippen molar-refractivity contribution >= 4 is 22.3 Å². The van der Waals surface area contributed by atoms with Crippen molar-refractivity contribution in [2.45, 2.75) is 25.0 Å². The van der Waals surface area contributed by atoms with Gasteiger partial charge in [-0.2, -0.15) is 0 Å². The molecule has 1 aliphatic heterocycles. The fourth-order valence-electron chi connectivity index (χ4n) is 2.57. The van der Waals surface area contributed by atoms with Gasteiger partial charge in [-0.05, 0) is 31.2 Å². The summed E-state index contributed by atoms with van der Waals surface area (Å²) in [5.74, 6) is 0. The Morgan fingerprint density at radius 2 is 2.35 bits per heavy atom. The monoisotopic (exact) mass is 273 g/mol. The first kappa shape index (κ1) is 13.1. The van der Waals surface area contributed by atoms with E-state index < -0.39 is 5.60 Å². The summed E-state index contributed by atoms with van der Waals surface area (Å²) in [5, 5.41) is 14.8. The number of ether oxygens (including phenoxy) is 1. The van der Waals surface area contributed by atoms with Crippen LogP contribution in [0.5, 0.6) is 0 Å². The Bertz CT molecular complexity index is 632. The van der Waals surface area contributed by atoms with E-state index in [1.807, 2.05) is 31.2 Å². The highest BCUT2D eigenvalue weighted by molar-refractivity contribution is 5.92. The molecule has 0 amide bonds. The third-order valence-corrected chi connectivity index (χ3v) is 4.01. The van der Waals surface area contributed by atoms with E-state index in [4.69, 9.17) is 10.5 Å². The van der Waals surface area contributed by atoms with Gasteiger partial charge in [0.15, 0.2) is 0 Å². The molecule has 5 heteroatoms. The molecule has 1 aliphatic rings. The predicted octanol–water partition coefficient (Wildman–Crippen LogP) is 1.77. The van der Waals surface area contributed by atoms with Crippen LogP contribution in [-0.4, -0.2) is 34.9 Å². The zero-order chi connectivity index (χ0) is 14.2. The van der Waals surface area contributed by atoms with Gasteiger partial charge in [0.1, 0.15) is 5.60 Å². The number of rotatable bonds is 3. The van der Waals surface area contributed by atoms with Gasteiger partial charge in [0.05, 0.1) is 11.6 Å². The number of nitrogens with two attached hydrogens (primary N) is 1. The summed E-state index contributed by atoms with van der Waals surface area (Å²) in [4.78, 5) is 4.31. The number of hydrogen-bond acceptors (Lipinski definition) is 5. The SMILES string of the molecule is CC1OCCC1(O)CNc1ccnc2cc(N)ccc12. The van der Waals surface area contributed by atoms with Crippen molar-refractivity contribution in [1.29, 1.82) is 0 Å². The first-order valence-electron chi connectivity index (χ1n) is 6.81. The third kappa shape index (κ3) is 2.30. The van der Waals surface area contributed by atoms with Gasteiger partial charge < -0.3 is 20.9 Å². The van der Waals surface area contributed by atoms with Crippen LogP contribution < -0.4 is 11.1 Å². The van der Waals surface area contributed by atoms with Crippen molar-refractivity contribution < 1.29 is 9.84 Å². The van der Waals surface area contributed by atoms with Crippen molar-refractivity contribution in [2.75, 3.05) is 24.2 Å². The highest BCUT2D eigenvalue weighted by Gasteiger charge is 2.39. The van der Waals surface area contributed by atoms with Crippen LogP contribution in [0.2, 0.25) is 0 Å². The summed E-state index contributed by atoms with van der Waals surface area (Å²) in [6.07, 6.45) is 2.23. The van der Waals surface area contributed by atoms with Crippen molar-refractivity contribution in [2.24, 2.45) is 0 Å². The Morgan fingerprint density at radius 3 is 3.10 bits per heavy atom. The standard InChI is InChI=1S/C15H19N3O2/c1-10-15(19,5-7-20-10)9-18-13-4-6-17-14-8-11(16)2-3-12(13)14/h2-4,6,8,10,19H,5,7,9,16H2,1H3,(H,17,18). The molecule has 106 valence electrons. The van der Waals surface area contributed by atoms with Crippen molar-refractivity contribution in [1.82, 2.24) is 4.98 Å². The van der Waals surface area contributed by atoms with Crippen molar-refractivity contribution in [3.05, 3.63) is 30.5 Å². The van der Waals surface area contributed by atoms with E-state index >= 15 is 0 Å². The van der Waals surface area contributed by atoms with Gasteiger partial charge in [-0.1, -0.05) is 0 Å². The highest BCUT2D eigenvalue weighted by Crippen LogP contribution is 2.28. The van der Waals surface area contributed by atoms with Gasteiger partial charge in [0.2, 0.25) is 0 Å². The molecule has 20 heavy (non-hydrogen) atoms. The fraction of sp³-hybridized carbons (Fsp3) is 0.400. The van der Waals surface area contributed by atoms with Crippen LogP contribution in [0.3, 0.4) is 0 Å². The van der Waals surface area contributed by atoms with E-state index in [1.165, 1.54) is 0 Å². The molecule has 1 aromatic heterocycles. The zero-order valence-corrected chi connectivity index (χ0v) is 11.5. The molecule has 0 bridgehead atoms. The van der Waals surface area contributed by atoms with Crippen LogP contribution in [0, 0.1) is 0 Å². The average molecular weight is 273 g/mol. The van der Waals surface area contributed by atoms with Crippen LogP contribution in [0.15, 0.2) is 30.5 Å². The lowest BCUT2D eigenvalue weighted by Crippen LogP contribution is -2.43. The highest BCUT2D eigenvalue weighted by atomic mass is 16.5. The number of nitrogen functional groups attached to an aromatic ring is 1. The van der Waals surface area contributed by atoms with E-state index in [1.54, 1.807) is 6.20 Å². The molecule has 0 saturated carbocycles. The number of anilines is 2. The molecule has 2 unspecified atom stereocenters. The van der Waals surface area contributed by atoms with Gasteiger partial charge in [-0.15, -0.1) is 0 Å². The topological polar surface area (TPSA) is 80.4 Å².